The molecule has 0 aliphatic heterocycles. The SMILES string of the molecule is Cc1ccccc1C(=O)NC(=S)Nc1cc(/C=C/C(=O)O)ccc1Br. The first-order chi connectivity index (χ1) is 11.9. The van der Waals surface area contributed by atoms with Crippen molar-refractivity contribution < 1.29 is 14.7 Å². The zero-order valence-electron chi connectivity index (χ0n) is 13.2. The zero-order chi connectivity index (χ0) is 18.4. The fourth-order valence-electron chi connectivity index (χ4n) is 2.06. The quantitative estimate of drug-likeness (QED) is 0.516. The molecule has 0 saturated heterocycles. The number of carboxylic acid groups (broad SMARTS) is 1. The van der Waals surface area contributed by atoms with Gasteiger partial charge in [-0.1, -0.05) is 24.3 Å². The minimum Gasteiger partial charge on any atom is -0.478 e. The average molecular weight is 419 g/mol. The van der Waals surface area contributed by atoms with Crippen LogP contribution in [0, 0.1) is 6.92 Å². The lowest BCUT2D eigenvalue weighted by Gasteiger charge is -2.12. The molecule has 128 valence electrons. The molecule has 0 heterocycles. The summed E-state index contributed by atoms with van der Waals surface area (Å²) in [5.74, 6) is -1.33. The van der Waals surface area contributed by atoms with E-state index in [0.29, 0.717) is 16.8 Å². The number of rotatable bonds is 4. The summed E-state index contributed by atoms with van der Waals surface area (Å²) in [7, 11) is 0. The Morgan fingerprint density at radius 1 is 1.20 bits per heavy atom. The molecule has 0 aliphatic carbocycles. The normalized spacial score (nSPS) is 10.5. The molecule has 0 bridgehead atoms. The summed E-state index contributed by atoms with van der Waals surface area (Å²) in [5.41, 5.74) is 2.69. The maximum Gasteiger partial charge on any atom is 0.328 e. The van der Waals surface area contributed by atoms with Gasteiger partial charge in [-0.2, -0.15) is 0 Å². The van der Waals surface area contributed by atoms with Crippen LogP contribution in [0.1, 0.15) is 21.5 Å². The van der Waals surface area contributed by atoms with E-state index in [9.17, 15) is 9.59 Å². The van der Waals surface area contributed by atoms with Crippen LogP contribution in [0.5, 0.6) is 0 Å². The van der Waals surface area contributed by atoms with E-state index in [2.05, 4.69) is 26.6 Å². The Kier molecular flexibility index (Phi) is 6.44. The lowest BCUT2D eigenvalue weighted by atomic mass is 10.1. The Morgan fingerprint density at radius 3 is 2.60 bits per heavy atom. The van der Waals surface area contributed by atoms with Crippen LogP contribution in [0.4, 0.5) is 5.69 Å². The van der Waals surface area contributed by atoms with Crippen molar-refractivity contribution in [2.24, 2.45) is 0 Å². The number of anilines is 1. The molecule has 0 atom stereocenters. The Hall–Kier alpha value is -2.51. The van der Waals surface area contributed by atoms with Gasteiger partial charge in [0.15, 0.2) is 5.11 Å². The number of carboxylic acids is 1. The number of aryl methyl sites for hydroxylation is 1. The molecule has 0 spiro atoms. The van der Waals surface area contributed by atoms with E-state index in [4.69, 9.17) is 17.3 Å². The smallest absolute Gasteiger partial charge is 0.328 e. The van der Waals surface area contributed by atoms with Crippen LogP contribution in [0.25, 0.3) is 6.08 Å². The molecule has 7 heteroatoms. The highest BCUT2D eigenvalue weighted by Crippen LogP contribution is 2.24. The van der Waals surface area contributed by atoms with Crippen LogP contribution in [0.3, 0.4) is 0 Å². The molecule has 0 saturated carbocycles. The highest BCUT2D eigenvalue weighted by atomic mass is 79.9. The molecule has 2 aromatic rings. The molecule has 1 amide bonds. The van der Waals surface area contributed by atoms with Crippen LogP contribution < -0.4 is 10.6 Å². The van der Waals surface area contributed by atoms with Crippen LogP contribution in [0.2, 0.25) is 0 Å². The number of amides is 1. The maximum absolute atomic E-state index is 12.3. The van der Waals surface area contributed by atoms with E-state index in [1.54, 1.807) is 30.3 Å². The van der Waals surface area contributed by atoms with E-state index >= 15 is 0 Å². The molecule has 0 fully saturated rings. The van der Waals surface area contributed by atoms with Crippen molar-refractivity contribution in [3.63, 3.8) is 0 Å². The van der Waals surface area contributed by atoms with Crippen LogP contribution in [0.15, 0.2) is 53.0 Å². The summed E-state index contributed by atoms with van der Waals surface area (Å²) >= 11 is 8.58. The van der Waals surface area contributed by atoms with Crippen molar-refractivity contribution in [3.8, 4) is 0 Å². The first kappa shape index (κ1) is 18.8. The number of halogens is 1. The first-order valence-corrected chi connectivity index (χ1v) is 8.45. The van der Waals surface area contributed by atoms with Gasteiger partial charge >= 0.3 is 5.97 Å². The Balaban J connectivity index is 2.10. The second-order valence-corrected chi connectivity index (χ2v) is 6.40. The highest BCUT2D eigenvalue weighted by molar-refractivity contribution is 9.10. The minimum absolute atomic E-state index is 0.147. The van der Waals surface area contributed by atoms with Gasteiger partial charge in [0.05, 0.1) is 5.69 Å². The minimum atomic E-state index is -1.03. The molecule has 25 heavy (non-hydrogen) atoms. The summed E-state index contributed by atoms with van der Waals surface area (Å²) in [6.07, 6.45) is 2.51. The fourth-order valence-corrected chi connectivity index (χ4v) is 2.61. The molecule has 0 radical (unpaired) electrons. The fraction of sp³-hybridized carbons (Fsp3) is 0.0556. The predicted octanol–water partition coefficient (Wildman–Crippen LogP) is 3.98. The topological polar surface area (TPSA) is 78.4 Å². The van der Waals surface area contributed by atoms with Crippen molar-refractivity contribution in [1.82, 2.24) is 5.32 Å². The van der Waals surface area contributed by atoms with Gasteiger partial charge in [0, 0.05) is 16.1 Å². The van der Waals surface area contributed by atoms with Crippen molar-refractivity contribution in [1.29, 1.82) is 0 Å². The maximum atomic E-state index is 12.3. The molecule has 5 nitrogen and oxygen atoms in total. The van der Waals surface area contributed by atoms with Gasteiger partial charge in [0.2, 0.25) is 0 Å². The van der Waals surface area contributed by atoms with Gasteiger partial charge in [-0.15, -0.1) is 0 Å². The van der Waals surface area contributed by atoms with Crippen molar-refractivity contribution in [2.75, 3.05) is 5.32 Å². The molecule has 2 aromatic carbocycles. The monoisotopic (exact) mass is 418 g/mol. The third-order valence-corrected chi connectivity index (χ3v) is 4.17. The summed E-state index contributed by atoms with van der Waals surface area (Å²) in [4.78, 5) is 22.9. The van der Waals surface area contributed by atoms with Crippen molar-refractivity contribution >= 4 is 56.9 Å². The summed E-state index contributed by atoms with van der Waals surface area (Å²) in [6.45, 7) is 1.85. The molecule has 2 rings (SSSR count). The largest absolute Gasteiger partial charge is 0.478 e. The number of nitrogens with one attached hydrogen (secondary N) is 2. The van der Waals surface area contributed by atoms with Gasteiger partial charge in [-0.3, -0.25) is 10.1 Å². The van der Waals surface area contributed by atoms with E-state index in [0.717, 1.165) is 16.1 Å². The number of aliphatic carboxylic acids is 1. The molecule has 0 unspecified atom stereocenters. The van der Waals surface area contributed by atoms with Crippen molar-refractivity contribution in [2.45, 2.75) is 6.92 Å². The van der Waals surface area contributed by atoms with E-state index in [1.165, 1.54) is 6.08 Å². The molecule has 0 aliphatic rings. The number of thiocarbonyl (C=S) groups is 1. The third-order valence-electron chi connectivity index (χ3n) is 3.27. The number of hydrogen-bond acceptors (Lipinski definition) is 3. The number of carbonyl (C=O) groups is 2. The summed E-state index contributed by atoms with van der Waals surface area (Å²) in [5, 5.41) is 14.4. The van der Waals surface area contributed by atoms with E-state index in [-0.39, 0.29) is 11.0 Å². The van der Waals surface area contributed by atoms with Crippen molar-refractivity contribution in [3.05, 3.63) is 69.7 Å². The van der Waals surface area contributed by atoms with Gasteiger partial charge in [-0.25, -0.2) is 4.79 Å². The Morgan fingerprint density at radius 2 is 1.92 bits per heavy atom. The predicted molar refractivity (Wildman–Crippen MR) is 106 cm³/mol. The lowest BCUT2D eigenvalue weighted by Crippen LogP contribution is -2.34. The van der Waals surface area contributed by atoms with E-state index in [1.807, 2.05) is 19.1 Å². The van der Waals surface area contributed by atoms with Gasteiger partial charge in [0.1, 0.15) is 0 Å². The van der Waals surface area contributed by atoms with Crippen LogP contribution in [-0.2, 0) is 4.79 Å². The van der Waals surface area contributed by atoms with Gasteiger partial charge < -0.3 is 10.4 Å². The Bertz CT molecular complexity index is 865. The summed E-state index contributed by atoms with van der Waals surface area (Å²) in [6, 6.07) is 12.4. The van der Waals surface area contributed by atoms with Gasteiger partial charge in [0.25, 0.3) is 5.91 Å². The van der Waals surface area contributed by atoms with Crippen LogP contribution in [-0.4, -0.2) is 22.1 Å². The third kappa shape index (κ3) is 5.51. The molecular formula is C18H15BrN2O3S. The van der Waals surface area contributed by atoms with Crippen LogP contribution >= 0.6 is 28.1 Å². The first-order valence-electron chi connectivity index (χ1n) is 7.25. The number of hydrogen-bond donors (Lipinski definition) is 3. The second kappa shape index (κ2) is 8.55. The zero-order valence-corrected chi connectivity index (χ0v) is 15.6. The van der Waals surface area contributed by atoms with E-state index < -0.39 is 5.97 Å². The summed E-state index contributed by atoms with van der Waals surface area (Å²) < 4.78 is 0.729. The second-order valence-electron chi connectivity index (χ2n) is 5.13. The highest BCUT2D eigenvalue weighted by Gasteiger charge is 2.11. The van der Waals surface area contributed by atoms with Gasteiger partial charge in [-0.05, 0) is 70.5 Å². The standard InChI is InChI=1S/C18H15BrN2O3S/c1-11-4-2-3-5-13(11)17(24)21-18(25)20-15-10-12(6-8-14(15)19)7-9-16(22)23/h2-10H,1H3,(H,22,23)(H2,20,21,24,25)/b9-7+. The molecule has 0 aromatic heterocycles. The Labute approximate surface area is 158 Å². The lowest BCUT2D eigenvalue weighted by molar-refractivity contribution is -0.131. The average Bonchev–Trinajstić information content (AvgIpc) is 2.55. The number of carbonyl (C=O) groups excluding carboxylic acids is 1. The molecule has 3 N–H and O–H groups in total. The number of benzene rings is 2. The molecular weight excluding hydrogens is 404 g/mol.